The van der Waals surface area contributed by atoms with Gasteiger partial charge in [-0.2, -0.15) is 0 Å². The molecule has 5 heteroatoms. The van der Waals surface area contributed by atoms with Gasteiger partial charge in [0.25, 0.3) is 5.91 Å². The first-order valence-corrected chi connectivity index (χ1v) is 10.6. The third kappa shape index (κ3) is 5.21. The van der Waals surface area contributed by atoms with Crippen molar-refractivity contribution in [2.75, 3.05) is 27.2 Å². The summed E-state index contributed by atoms with van der Waals surface area (Å²) in [5.74, 6) is 0.759. The van der Waals surface area contributed by atoms with Crippen LogP contribution in [0.1, 0.15) is 58.8 Å². The Hall–Kier alpha value is -2.82. The third-order valence-electron chi connectivity index (χ3n) is 5.78. The zero-order valence-corrected chi connectivity index (χ0v) is 18.4. The topological polar surface area (TPSA) is 60.9 Å². The molecule has 2 aromatic carbocycles. The van der Waals surface area contributed by atoms with Crippen LogP contribution < -0.4 is 0 Å². The van der Waals surface area contributed by atoms with E-state index in [-0.39, 0.29) is 11.8 Å². The molecule has 0 saturated heterocycles. The van der Waals surface area contributed by atoms with Crippen LogP contribution in [0, 0.1) is 5.92 Å². The molecule has 0 bridgehead atoms. The zero-order valence-electron chi connectivity index (χ0n) is 18.4. The van der Waals surface area contributed by atoms with Crippen molar-refractivity contribution in [2.24, 2.45) is 5.92 Å². The minimum atomic E-state index is -0.829. The number of carbonyl (C=O) groups is 2. The summed E-state index contributed by atoms with van der Waals surface area (Å²) >= 11 is 0. The SMILES string of the molecule is CC(C)CC1CN(C(=O)O)CCc2cc(Cc3ccc(C(=O)N(C)C)cc3)ccc21. The Labute approximate surface area is 179 Å². The normalized spacial score (nSPS) is 16.2. The molecule has 1 unspecified atom stereocenters. The quantitative estimate of drug-likeness (QED) is 0.784. The van der Waals surface area contributed by atoms with Crippen LogP contribution in [0.4, 0.5) is 4.79 Å². The standard InChI is InChI=1S/C25H32N2O3/c1-17(2)13-22-16-27(25(29)30)12-11-21-15-19(7-10-23(21)22)14-18-5-8-20(9-6-18)24(28)26(3)4/h5-10,15,17,22H,11-14,16H2,1-4H3,(H,29,30). The molecule has 3 rings (SSSR count). The minimum Gasteiger partial charge on any atom is -0.465 e. The number of nitrogens with zero attached hydrogens (tertiary/aromatic N) is 2. The van der Waals surface area contributed by atoms with E-state index in [1.165, 1.54) is 16.7 Å². The lowest BCUT2D eigenvalue weighted by molar-refractivity contribution is 0.0827. The molecular formula is C25H32N2O3. The predicted molar refractivity (Wildman–Crippen MR) is 119 cm³/mol. The number of carboxylic acid groups (broad SMARTS) is 1. The van der Waals surface area contributed by atoms with E-state index in [0.29, 0.717) is 24.6 Å². The molecular weight excluding hydrogens is 376 g/mol. The van der Waals surface area contributed by atoms with Gasteiger partial charge in [0, 0.05) is 38.7 Å². The molecule has 0 radical (unpaired) electrons. The monoisotopic (exact) mass is 408 g/mol. The molecule has 0 fully saturated rings. The molecule has 2 aromatic rings. The lowest BCUT2D eigenvalue weighted by Gasteiger charge is -2.24. The van der Waals surface area contributed by atoms with E-state index in [2.05, 4.69) is 32.0 Å². The molecule has 5 nitrogen and oxygen atoms in total. The molecule has 2 amide bonds. The van der Waals surface area contributed by atoms with Crippen LogP contribution in [-0.2, 0) is 12.8 Å². The van der Waals surface area contributed by atoms with Crippen molar-refractivity contribution in [1.29, 1.82) is 0 Å². The molecule has 0 aromatic heterocycles. The molecule has 160 valence electrons. The first-order chi connectivity index (χ1) is 14.2. The van der Waals surface area contributed by atoms with Gasteiger partial charge in [0.2, 0.25) is 0 Å². The average molecular weight is 409 g/mol. The van der Waals surface area contributed by atoms with Crippen molar-refractivity contribution in [3.05, 3.63) is 70.3 Å². The summed E-state index contributed by atoms with van der Waals surface area (Å²) in [4.78, 5) is 26.8. The minimum absolute atomic E-state index is 0.00533. The summed E-state index contributed by atoms with van der Waals surface area (Å²) in [7, 11) is 3.51. The zero-order chi connectivity index (χ0) is 21.8. The molecule has 0 saturated carbocycles. The van der Waals surface area contributed by atoms with Crippen LogP contribution in [0.5, 0.6) is 0 Å². The number of hydrogen-bond acceptors (Lipinski definition) is 2. The van der Waals surface area contributed by atoms with Crippen molar-refractivity contribution >= 4 is 12.0 Å². The number of fused-ring (bicyclic) bond motifs is 1. The Morgan fingerprint density at radius 1 is 1.10 bits per heavy atom. The van der Waals surface area contributed by atoms with Gasteiger partial charge in [-0.1, -0.05) is 44.2 Å². The number of carbonyl (C=O) groups excluding carboxylic acids is 1. The van der Waals surface area contributed by atoms with Crippen molar-refractivity contribution < 1.29 is 14.7 Å². The van der Waals surface area contributed by atoms with Gasteiger partial charge in [-0.25, -0.2) is 4.79 Å². The maximum atomic E-state index is 12.1. The average Bonchev–Trinajstić information content (AvgIpc) is 2.87. The van der Waals surface area contributed by atoms with Crippen LogP contribution in [-0.4, -0.2) is 54.1 Å². The molecule has 30 heavy (non-hydrogen) atoms. The molecule has 0 spiro atoms. The van der Waals surface area contributed by atoms with Gasteiger partial charge in [-0.3, -0.25) is 4.79 Å². The van der Waals surface area contributed by atoms with Crippen molar-refractivity contribution in [3.8, 4) is 0 Å². The van der Waals surface area contributed by atoms with E-state index in [1.54, 1.807) is 23.9 Å². The van der Waals surface area contributed by atoms with E-state index in [9.17, 15) is 14.7 Å². The summed E-state index contributed by atoms with van der Waals surface area (Å²) in [5.41, 5.74) is 5.62. The van der Waals surface area contributed by atoms with Gasteiger partial charge in [0.05, 0.1) is 0 Å². The number of benzene rings is 2. The smallest absolute Gasteiger partial charge is 0.407 e. The molecule has 1 aliphatic heterocycles. The molecule has 1 heterocycles. The van der Waals surface area contributed by atoms with Crippen LogP contribution in [0.15, 0.2) is 42.5 Å². The predicted octanol–water partition coefficient (Wildman–Crippen LogP) is 4.65. The van der Waals surface area contributed by atoms with Crippen LogP contribution in [0.3, 0.4) is 0 Å². The highest BCUT2D eigenvalue weighted by Gasteiger charge is 2.26. The Morgan fingerprint density at radius 2 is 1.77 bits per heavy atom. The summed E-state index contributed by atoms with van der Waals surface area (Å²) in [6, 6.07) is 14.4. The van der Waals surface area contributed by atoms with Crippen molar-refractivity contribution in [3.63, 3.8) is 0 Å². The maximum Gasteiger partial charge on any atom is 0.407 e. The van der Waals surface area contributed by atoms with E-state index in [1.807, 2.05) is 24.3 Å². The van der Waals surface area contributed by atoms with Gasteiger partial charge in [0.1, 0.15) is 0 Å². The fraction of sp³-hybridized carbons (Fsp3) is 0.440. The summed E-state index contributed by atoms with van der Waals surface area (Å²) in [5, 5.41) is 9.54. The fourth-order valence-electron chi connectivity index (χ4n) is 4.30. The lowest BCUT2D eigenvalue weighted by atomic mass is 9.86. The van der Waals surface area contributed by atoms with E-state index in [0.717, 1.165) is 24.8 Å². The molecule has 1 atom stereocenters. The van der Waals surface area contributed by atoms with Gasteiger partial charge < -0.3 is 14.9 Å². The Bertz CT molecular complexity index is 903. The summed E-state index contributed by atoms with van der Waals surface area (Å²) < 4.78 is 0. The maximum absolute atomic E-state index is 12.1. The van der Waals surface area contributed by atoms with Crippen LogP contribution in [0.2, 0.25) is 0 Å². The number of amides is 2. The van der Waals surface area contributed by atoms with Crippen LogP contribution in [0.25, 0.3) is 0 Å². The second-order valence-electron chi connectivity index (χ2n) is 8.91. The van der Waals surface area contributed by atoms with Gasteiger partial charge in [0.15, 0.2) is 0 Å². The first kappa shape index (κ1) is 21.9. The van der Waals surface area contributed by atoms with Gasteiger partial charge in [-0.05, 0) is 59.6 Å². The summed E-state index contributed by atoms with van der Waals surface area (Å²) in [6.45, 7) is 5.49. The largest absolute Gasteiger partial charge is 0.465 e. The van der Waals surface area contributed by atoms with Crippen LogP contribution >= 0.6 is 0 Å². The highest BCUT2D eigenvalue weighted by Crippen LogP contribution is 2.32. The Morgan fingerprint density at radius 3 is 2.37 bits per heavy atom. The fourth-order valence-corrected chi connectivity index (χ4v) is 4.30. The highest BCUT2D eigenvalue weighted by molar-refractivity contribution is 5.93. The van der Waals surface area contributed by atoms with E-state index < -0.39 is 6.09 Å². The number of hydrogen-bond donors (Lipinski definition) is 1. The second-order valence-corrected chi connectivity index (χ2v) is 8.91. The Balaban J connectivity index is 1.81. The second kappa shape index (κ2) is 9.33. The van der Waals surface area contributed by atoms with Gasteiger partial charge >= 0.3 is 6.09 Å². The first-order valence-electron chi connectivity index (χ1n) is 10.6. The molecule has 0 aliphatic carbocycles. The number of rotatable bonds is 5. The third-order valence-corrected chi connectivity index (χ3v) is 5.78. The molecule has 1 aliphatic rings. The highest BCUT2D eigenvalue weighted by atomic mass is 16.4. The van der Waals surface area contributed by atoms with Gasteiger partial charge in [-0.15, -0.1) is 0 Å². The summed E-state index contributed by atoms with van der Waals surface area (Å²) in [6.07, 6.45) is 1.70. The van der Waals surface area contributed by atoms with Crippen molar-refractivity contribution in [1.82, 2.24) is 9.80 Å². The Kier molecular flexibility index (Phi) is 6.80. The van der Waals surface area contributed by atoms with E-state index in [4.69, 9.17) is 0 Å². The van der Waals surface area contributed by atoms with E-state index >= 15 is 0 Å². The molecule has 1 N–H and O–H groups in total. The van der Waals surface area contributed by atoms with Crippen molar-refractivity contribution in [2.45, 2.75) is 39.0 Å². The lowest BCUT2D eigenvalue weighted by Crippen LogP contribution is -2.33.